The van der Waals surface area contributed by atoms with Gasteiger partial charge in [0.2, 0.25) is 0 Å². The minimum Gasteiger partial charge on any atom is -0.379 e. The van der Waals surface area contributed by atoms with E-state index in [2.05, 4.69) is 0 Å². The van der Waals surface area contributed by atoms with Gasteiger partial charge >= 0.3 is 0 Å². The van der Waals surface area contributed by atoms with Crippen molar-refractivity contribution >= 4 is 11.6 Å². The molecule has 1 aliphatic rings. The lowest BCUT2D eigenvalue weighted by Crippen LogP contribution is -2.58. The maximum absolute atomic E-state index is 13.7. The molecule has 15 heavy (non-hydrogen) atoms. The van der Waals surface area contributed by atoms with E-state index >= 15 is 0 Å². The van der Waals surface area contributed by atoms with Crippen LogP contribution in [-0.4, -0.2) is 19.3 Å². The molecule has 2 rings (SSSR count). The van der Waals surface area contributed by atoms with Gasteiger partial charge < -0.3 is 10.5 Å². The Morgan fingerprint density at radius 3 is 2.67 bits per heavy atom. The third-order valence-electron chi connectivity index (χ3n) is 3.06. The van der Waals surface area contributed by atoms with E-state index in [0.717, 1.165) is 0 Å². The Labute approximate surface area is 93.2 Å². The summed E-state index contributed by atoms with van der Waals surface area (Å²) in [4.78, 5) is 0. The lowest BCUT2D eigenvalue weighted by atomic mass is 9.73. The van der Waals surface area contributed by atoms with Gasteiger partial charge in [-0.3, -0.25) is 0 Å². The molecule has 0 aromatic heterocycles. The molecule has 1 aromatic rings. The van der Waals surface area contributed by atoms with Crippen LogP contribution in [0.25, 0.3) is 0 Å². The maximum atomic E-state index is 13.7. The van der Waals surface area contributed by atoms with Crippen LogP contribution in [0.2, 0.25) is 5.02 Å². The summed E-state index contributed by atoms with van der Waals surface area (Å²) in [5.74, 6) is -0.264. The molecule has 0 aliphatic carbocycles. The standard InChI is InChI=1S/C11H13ClFNO/c1-7(14)11(5-15-6-11)9-4-8(12)2-3-10(9)13/h2-4,7H,5-6,14H2,1H3. The van der Waals surface area contributed by atoms with Gasteiger partial charge in [-0.2, -0.15) is 0 Å². The molecule has 1 saturated heterocycles. The molecule has 82 valence electrons. The largest absolute Gasteiger partial charge is 0.379 e. The second kappa shape index (κ2) is 3.74. The van der Waals surface area contributed by atoms with Gasteiger partial charge in [-0.15, -0.1) is 0 Å². The minimum atomic E-state index is -0.408. The number of ether oxygens (including phenoxy) is 1. The Hall–Kier alpha value is -0.640. The van der Waals surface area contributed by atoms with Gasteiger partial charge in [0.25, 0.3) is 0 Å². The monoisotopic (exact) mass is 229 g/mol. The molecule has 1 atom stereocenters. The van der Waals surface area contributed by atoms with Crippen molar-refractivity contribution in [2.45, 2.75) is 18.4 Å². The minimum absolute atomic E-state index is 0.154. The first-order valence-electron chi connectivity index (χ1n) is 4.85. The topological polar surface area (TPSA) is 35.2 Å². The molecule has 0 bridgehead atoms. The summed E-state index contributed by atoms with van der Waals surface area (Å²) in [7, 11) is 0. The van der Waals surface area contributed by atoms with Crippen molar-refractivity contribution in [3.8, 4) is 0 Å². The second-order valence-electron chi connectivity index (χ2n) is 4.06. The molecule has 2 nitrogen and oxygen atoms in total. The molecule has 0 saturated carbocycles. The van der Waals surface area contributed by atoms with Gasteiger partial charge in [0.15, 0.2) is 0 Å². The van der Waals surface area contributed by atoms with Crippen LogP contribution in [-0.2, 0) is 10.2 Å². The lowest BCUT2D eigenvalue weighted by molar-refractivity contribution is -0.0717. The highest BCUT2D eigenvalue weighted by molar-refractivity contribution is 6.30. The molecule has 1 heterocycles. The van der Waals surface area contributed by atoms with Crippen LogP contribution in [0.1, 0.15) is 12.5 Å². The zero-order valence-corrected chi connectivity index (χ0v) is 9.22. The van der Waals surface area contributed by atoms with E-state index in [1.807, 2.05) is 6.92 Å². The van der Waals surface area contributed by atoms with Gasteiger partial charge in [0.1, 0.15) is 5.82 Å². The van der Waals surface area contributed by atoms with Crippen molar-refractivity contribution in [3.05, 3.63) is 34.6 Å². The van der Waals surface area contributed by atoms with E-state index in [9.17, 15) is 4.39 Å². The van der Waals surface area contributed by atoms with Crippen molar-refractivity contribution in [2.24, 2.45) is 5.73 Å². The van der Waals surface area contributed by atoms with Gasteiger partial charge in [-0.05, 0) is 25.1 Å². The first-order chi connectivity index (χ1) is 7.06. The SMILES string of the molecule is CC(N)C1(c2cc(Cl)ccc2F)COC1. The average Bonchev–Trinajstić information content (AvgIpc) is 2.08. The summed E-state index contributed by atoms with van der Waals surface area (Å²) in [6.45, 7) is 2.78. The predicted octanol–water partition coefficient (Wildman–Crippen LogP) is 2.09. The van der Waals surface area contributed by atoms with E-state index in [1.54, 1.807) is 6.07 Å². The highest BCUT2D eigenvalue weighted by atomic mass is 35.5. The number of nitrogens with two attached hydrogens (primary N) is 1. The van der Waals surface area contributed by atoms with Gasteiger partial charge in [0.05, 0.1) is 18.6 Å². The number of benzene rings is 1. The van der Waals surface area contributed by atoms with Crippen LogP contribution in [0.5, 0.6) is 0 Å². The van der Waals surface area contributed by atoms with Crippen molar-refractivity contribution in [1.82, 2.24) is 0 Å². The number of halogens is 2. The predicted molar refractivity (Wildman–Crippen MR) is 57.6 cm³/mol. The highest BCUT2D eigenvalue weighted by Gasteiger charge is 2.45. The smallest absolute Gasteiger partial charge is 0.127 e. The Balaban J connectivity index is 2.47. The third-order valence-corrected chi connectivity index (χ3v) is 3.29. The van der Waals surface area contributed by atoms with Gasteiger partial charge in [0, 0.05) is 16.6 Å². The highest BCUT2D eigenvalue weighted by Crippen LogP contribution is 2.37. The van der Waals surface area contributed by atoms with Gasteiger partial charge in [-0.1, -0.05) is 11.6 Å². The van der Waals surface area contributed by atoms with Crippen LogP contribution in [0.3, 0.4) is 0 Å². The number of hydrogen-bond acceptors (Lipinski definition) is 2. The van der Waals surface area contributed by atoms with Crippen molar-refractivity contribution in [2.75, 3.05) is 13.2 Å². The Kier molecular flexibility index (Phi) is 2.71. The van der Waals surface area contributed by atoms with Crippen LogP contribution in [0.15, 0.2) is 18.2 Å². The molecular formula is C11H13ClFNO. The average molecular weight is 230 g/mol. The summed E-state index contributed by atoms with van der Waals surface area (Å²) < 4.78 is 18.8. The molecule has 0 amide bonds. The van der Waals surface area contributed by atoms with Crippen LogP contribution >= 0.6 is 11.6 Å². The van der Waals surface area contributed by atoms with E-state index in [-0.39, 0.29) is 11.9 Å². The Bertz CT molecular complexity index is 377. The quantitative estimate of drug-likeness (QED) is 0.843. The molecule has 1 aromatic carbocycles. The zero-order valence-electron chi connectivity index (χ0n) is 8.47. The Morgan fingerprint density at radius 2 is 2.20 bits per heavy atom. The Morgan fingerprint density at radius 1 is 1.53 bits per heavy atom. The molecule has 1 unspecified atom stereocenters. The van der Waals surface area contributed by atoms with Crippen LogP contribution < -0.4 is 5.73 Å². The fourth-order valence-electron chi connectivity index (χ4n) is 1.86. The van der Waals surface area contributed by atoms with Crippen LogP contribution in [0, 0.1) is 5.82 Å². The molecule has 2 N–H and O–H groups in total. The van der Waals surface area contributed by atoms with Crippen molar-refractivity contribution < 1.29 is 9.13 Å². The normalized spacial score (nSPS) is 20.8. The molecule has 4 heteroatoms. The first-order valence-corrected chi connectivity index (χ1v) is 5.23. The van der Waals surface area contributed by atoms with Crippen molar-refractivity contribution in [3.63, 3.8) is 0 Å². The summed E-state index contributed by atoms with van der Waals surface area (Å²) >= 11 is 5.86. The lowest BCUT2D eigenvalue weighted by Gasteiger charge is -2.45. The van der Waals surface area contributed by atoms with E-state index in [1.165, 1.54) is 12.1 Å². The summed E-state index contributed by atoms with van der Waals surface area (Å²) in [6, 6.07) is 4.40. The summed E-state index contributed by atoms with van der Waals surface area (Å²) in [6.07, 6.45) is 0. The zero-order chi connectivity index (χ0) is 11.1. The fraction of sp³-hybridized carbons (Fsp3) is 0.455. The molecule has 1 aliphatic heterocycles. The fourth-order valence-corrected chi connectivity index (χ4v) is 2.04. The maximum Gasteiger partial charge on any atom is 0.127 e. The van der Waals surface area contributed by atoms with E-state index in [4.69, 9.17) is 22.1 Å². The molecule has 0 spiro atoms. The number of hydrogen-bond donors (Lipinski definition) is 1. The third kappa shape index (κ3) is 1.65. The van der Waals surface area contributed by atoms with E-state index in [0.29, 0.717) is 23.8 Å². The molecule has 0 radical (unpaired) electrons. The second-order valence-corrected chi connectivity index (χ2v) is 4.50. The summed E-state index contributed by atoms with van der Waals surface area (Å²) in [5, 5.41) is 0.526. The summed E-state index contributed by atoms with van der Waals surface area (Å²) in [5.41, 5.74) is 6.05. The van der Waals surface area contributed by atoms with Gasteiger partial charge in [-0.25, -0.2) is 4.39 Å². The molecular weight excluding hydrogens is 217 g/mol. The van der Waals surface area contributed by atoms with Crippen molar-refractivity contribution in [1.29, 1.82) is 0 Å². The van der Waals surface area contributed by atoms with Crippen LogP contribution in [0.4, 0.5) is 4.39 Å². The first kappa shape index (κ1) is 10.9. The number of rotatable bonds is 2. The van der Waals surface area contributed by atoms with E-state index < -0.39 is 5.41 Å². The molecule has 1 fully saturated rings.